The lowest BCUT2D eigenvalue weighted by molar-refractivity contribution is -0.129. The summed E-state index contributed by atoms with van der Waals surface area (Å²) < 4.78 is 38.9. The summed E-state index contributed by atoms with van der Waals surface area (Å²) in [7, 11) is -3.77. The van der Waals surface area contributed by atoms with Crippen molar-refractivity contribution in [3.8, 4) is 0 Å². The molecule has 1 fully saturated rings. The van der Waals surface area contributed by atoms with Gasteiger partial charge in [0.25, 0.3) is 0 Å². The average molecular weight is 474 g/mol. The van der Waals surface area contributed by atoms with Gasteiger partial charge in [-0.2, -0.15) is 0 Å². The van der Waals surface area contributed by atoms with Crippen molar-refractivity contribution in [1.82, 2.24) is 4.90 Å². The maximum absolute atomic E-state index is 13.5. The smallest absolute Gasteiger partial charge is 0.243 e. The lowest BCUT2D eigenvalue weighted by Crippen LogP contribution is -2.52. The van der Waals surface area contributed by atoms with Gasteiger partial charge in [-0.25, -0.2) is 12.8 Å². The van der Waals surface area contributed by atoms with Crippen LogP contribution in [-0.2, 0) is 14.8 Å². The Balaban J connectivity index is 1.70. The Labute approximate surface area is 185 Å². The molecule has 0 spiro atoms. The Hall–Kier alpha value is -2.03. The maximum Gasteiger partial charge on any atom is 0.243 e. The van der Waals surface area contributed by atoms with Crippen molar-refractivity contribution >= 4 is 50.5 Å². The van der Waals surface area contributed by atoms with Gasteiger partial charge in [0, 0.05) is 36.9 Å². The van der Waals surface area contributed by atoms with Crippen molar-refractivity contribution < 1.29 is 17.6 Å². The van der Waals surface area contributed by atoms with Crippen LogP contribution in [0.1, 0.15) is 5.56 Å². The Morgan fingerprint density at radius 1 is 1.10 bits per heavy atom. The average Bonchev–Trinajstić information content (AvgIpc) is 2.69. The lowest BCUT2D eigenvalue weighted by atomic mass is 10.1. The quantitative estimate of drug-likeness (QED) is 0.665. The number of anilines is 2. The van der Waals surface area contributed by atoms with Gasteiger partial charge in [0.05, 0.1) is 17.0 Å². The molecule has 30 heavy (non-hydrogen) atoms. The molecule has 10 heteroatoms. The first-order chi connectivity index (χ1) is 14.1. The largest absolute Gasteiger partial charge is 0.368 e. The molecule has 1 aliphatic heterocycles. The third kappa shape index (κ3) is 5.17. The zero-order valence-electron chi connectivity index (χ0n) is 16.6. The molecule has 2 aromatic carbocycles. The predicted octanol–water partition coefficient (Wildman–Crippen LogP) is 3.56. The Morgan fingerprint density at radius 2 is 1.77 bits per heavy atom. The molecule has 1 aliphatic rings. The van der Waals surface area contributed by atoms with Crippen LogP contribution in [0.3, 0.4) is 0 Å². The van der Waals surface area contributed by atoms with Gasteiger partial charge in [0.1, 0.15) is 12.4 Å². The molecular formula is C20H22Cl2FN3O3S. The number of hydrogen-bond acceptors (Lipinski definition) is 4. The number of halogens is 3. The number of rotatable bonds is 5. The molecule has 1 amide bonds. The number of amides is 1. The van der Waals surface area contributed by atoms with Gasteiger partial charge >= 0.3 is 0 Å². The number of sulfonamides is 1. The highest BCUT2D eigenvalue weighted by Crippen LogP contribution is 2.26. The summed E-state index contributed by atoms with van der Waals surface area (Å²) in [6.45, 7) is 3.74. The number of aryl methyl sites for hydroxylation is 1. The molecule has 0 radical (unpaired) electrons. The lowest BCUT2D eigenvalue weighted by Gasteiger charge is -2.37. The summed E-state index contributed by atoms with van der Waals surface area (Å²) in [4.78, 5) is 16.6. The Kier molecular flexibility index (Phi) is 6.79. The van der Waals surface area contributed by atoms with Gasteiger partial charge in [-0.3, -0.25) is 9.10 Å². The standard InChI is InChI=1S/C20H22Cl2FN3O3S/c1-14-3-4-15(21)11-19(14)24-7-9-25(10-8-24)20(27)13-26(30(2,28)29)16-5-6-18(23)17(22)12-16/h3-6,11-12H,7-10,13H2,1-2H3. The Bertz CT molecular complexity index is 1060. The molecule has 0 aromatic heterocycles. The van der Waals surface area contributed by atoms with Crippen molar-refractivity contribution in [1.29, 1.82) is 0 Å². The summed E-state index contributed by atoms with van der Waals surface area (Å²) in [5.74, 6) is -0.990. The van der Waals surface area contributed by atoms with Crippen LogP contribution in [0.4, 0.5) is 15.8 Å². The molecule has 2 aromatic rings. The molecule has 0 aliphatic carbocycles. The summed E-state index contributed by atoms with van der Waals surface area (Å²) in [5.41, 5.74) is 2.26. The van der Waals surface area contributed by atoms with E-state index in [4.69, 9.17) is 23.2 Å². The summed E-state index contributed by atoms with van der Waals surface area (Å²) in [6, 6.07) is 9.25. The molecule has 0 unspecified atom stereocenters. The SMILES string of the molecule is Cc1ccc(Cl)cc1N1CCN(C(=O)CN(c2ccc(F)c(Cl)c2)S(C)(=O)=O)CC1. The zero-order valence-corrected chi connectivity index (χ0v) is 18.9. The van der Waals surface area contributed by atoms with E-state index >= 15 is 0 Å². The van der Waals surface area contributed by atoms with E-state index in [-0.39, 0.29) is 23.2 Å². The van der Waals surface area contributed by atoms with Gasteiger partial charge in [0.15, 0.2) is 0 Å². The number of carbonyl (C=O) groups is 1. The molecule has 1 saturated heterocycles. The molecule has 0 atom stereocenters. The highest BCUT2D eigenvalue weighted by molar-refractivity contribution is 7.92. The maximum atomic E-state index is 13.5. The molecule has 1 heterocycles. The van der Waals surface area contributed by atoms with E-state index in [1.54, 1.807) is 4.90 Å². The van der Waals surface area contributed by atoms with Crippen molar-refractivity contribution in [2.45, 2.75) is 6.92 Å². The number of benzene rings is 2. The second-order valence-electron chi connectivity index (χ2n) is 7.17. The topological polar surface area (TPSA) is 60.9 Å². The summed E-state index contributed by atoms with van der Waals surface area (Å²) in [5, 5.41) is 0.440. The van der Waals surface area contributed by atoms with E-state index in [0.29, 0.717) is 31.2 Å². The van der Waals surface area contributed by atoms with E-state index in [1.165, 1.54) is 12.1 Å². The fourth-order valence-corrected chi connectivity index (χ4v) is 4.57. The van der Waals surface area contributed by atoms with Crippen LogP contribution in [0.15, 0.2) is 36.4 Å². The molecule has 0 N–H and O–H groups in total. The number of hydrogen-bond donors (Lipinski definition) is 0. The minimum Gasteiger partial charge on any atom is -0.368 e. The molecule has 6 nitrogen and oxygen atoms in total. The third-order valence-corrected chi connectivity index (χ3v) is 6.68. The first-order valence-electron chi connectivity index (χ1n) is 9.28. The van der Waals surface area contributed by atoms with E-state index in [2.05, 4.69) is 4.90 Å². The highest BCUT2D eigenvalue weighted by atomic mass is 35.5. The normalized spacial score (nSPS) is 14.7. The molecule has 162 valence electrons. The van der Waals surface area contributed by atoms with E-state index < -0.39 is 15.8 Å². The van der Waals surface area contributed by atoms with Crippen molar-refractivity contribution in [2.75, 3.05) is 48.2 Å². The minimum atomic E-state index is -3.77. The zero-order chi connectivity index (χ0) is 22.1. The second kappa shape index (κ2) is 8.99. The van der Waals surface area contributed by atoms with Gasteiger partial charge in [-0.05, 0) is 42.8 Å². The van der Waals surface area contributed by atoms with Crippen LogP contribution in [-0.4, -0.2) is 58.2 Å². The molecule has 3 rings (SSSR count). The Morgan fingerprint density at radius 3 is 2.37 bits per heavy atom. The highest BCUT2D eigenvalue weighted by Gasteiger charge is 2.27. The molecule has 0 saturated carbocycles. The van der Waals surface area contributed by atoms with Gasteiger partial charge in [-0.1, -0.05) is 29.3 Å². The molecule has 0 bridgehead atoms. The first-order valence-corrected chi connectivity index (χ1v) is 11.9. The van der Waals surface area contributed by atoms with E-state index in [0.717, 1.165) is 27.9 Å². The summed E-state index contributed by atoms with van der Waals surface area (Å²) >= 11 is 11.9. The van der Waals surface area contributed by atoms with Crippen LogP contribution in [0.25, 0.3) is 0 Å². The minimum absolute atomic E-state index is 0.144. The van der Waals surface area contributed by atoms with Crippen molar-refractivity contribution in [2.24, 2.45) is 0 Å². The van der Waals surface area contributed by atoms with Crippen molar-refractivity contribution in [3.63, 3.8) is 0 Å². The van der Waals surface area contributed by atoms with Crippen LogP contribution >= 0.6 is 23.2 Å². The fourth-order valence-electron chi connectivity index (χ4n) is 3.38. The van der Waals surface area contributed by atoms with Gasteiger partial charge < -0.3 is 9.80 Å². The number of carbonyl (C=O) groups excluding carboxylic acids is 1. The van der Waals surface area contributed by atoms with Crippen LogP contribution in [0.5, 0.6) is 0 Å². The monoisotopic (exact) mass is 473 g/mol. The van der Waals surface area contributed by atoms with Crippen molar-refractivity contribution in [3.05, 3.63) is 57.8 Å². The van der Waals surface area contributed by atoms with Crippen LogP contribution in [0, 0.1) is 12.7 Å². The molecular weight excluding hydrogens is 452 g/mol. The van der Waals surface area contributed by atoms with E-state index in [1.807, 2.05) is 25.1 Å². The first kappa shape index (κ1) is 22.7. The number of nitrogens with zero attached hydrogens (tertiary/aromatic N) is 3. The number of piperazine rings is 1. The summed E-state index contributed by atoms with van der Waals surface area (Å²) in [6.07, 6.45) is 0.997. The van der Waals surface area contributed by atoms with Gasteiger partial charge in [0.2, 0.25) is 15.9 Å². The van der Waals surface area contributed by atoms with Gasteiger partial charge in [-0.15, -0.1) is 0 Å². The second-order valence-corrected chi connectivity index (χ2v) is 9.92. The van der Waals surface area contributed by atoms with E-state index in [9.17, 15) is 17.6 Å². The van der Waals surface area contributed by atoms with Crippen LogP contribution < -0.4 is 9.21 Å². The fraction of sp³-hybridized carbons (Fsp3) is 0.350. The van der Waals surface area contributed by atoms with Crippen LogP contribution in [0.2, 0.25) is 10.0 Å². The predicted molar refractivity (Wildman–Crippen MR) is 119 cm³/mol. The third-order valence-electron chi connectivity index (χ3n) is 5.01.